The third-order valence-corrected chi connectivity index (χ3v) is 4.36. The minimum atomic E-state index is -0.483. The summed E-state index contributed by atoms with van der Waals surface area (Å²) in [6, 6.07) is 9.22. The maximum absolute atomic E-state index is 12.8. The molecular formula is C17H19N3O3. The first-order valence-corrected chi connectivity index (χ1v) is 7.65. The van der Waals surface area contributed by atoms with Crippen molar-refractivity contribution in [3.8, 4) is 0 Å². The molecule has 1 aliphatic heterocycles. The van der Waals surface area contributed by atoms with E-state index in [1.54, 1.807) is 4.90 Å². The monoisotopic (exact) mass is 313 g/mol. The molecule has 0 spiro atoms. The zero-order valence-corrected chi connectivity index (χ0v) is 13.2. The Morgan fingerprint density at radius 3 is 2.74 bits per heavy atom. The van der Waals surface area contributed by atoms with Crippen LogP contribution in [-0.4, -0.2) is 21.1 Å². The Hall–Kier alpha value is -2.63. The molecule has 0 fully saturated rings. The van der Waals surface area contributed by atoms with Gasteiger partial charge in [-0.2, -0.15) is 0 Å². The Bertz CT molecular complexity index is 866. The van der Waals surface area contributed by atoms with E-state index in [-0.39, 0.29) is 24.1 Å². The summed E-state index contributed by atoms with van der Waals surface area (Å²) in [5, 5.41) is 0. The van der Waals surface area contributed by atoms with Gasteiger partial charge >= 0.3 is 5.69 Å². The quantitative estimate of drug-likeness (QED) is 0.828. The predicted octanol–water partition coefficient (Wildman–Crippen LogP) is 0.915. The highest BCUT2D eigenvalue weighted by atomic mass is 16.2. The van der Waals surface area contributed by atoms with E-state index in [4.69, 9.17) is 0 Å². The number of hydrogen-bond donors (Lipinski definition) is 0. The Morgan fingerprint density at radius 2 is 1.96 bits per heavy atom. The molecule has 1 unspecified atom stereocenters. The molecule has 1 atom stereocenters. The lowest BCUT2D eigenvalue weighted by molar-refractivity contribution is -0.119. The summed E-state index contributed by atoms with van der Waals surface area (Å²) < 4.78 is 2.27. The van der Waals surface area contributed by atoms with Crippen LogP contribution >= 0.6 is 0 Å². The molecule has 1 aliphatic rings. The van der Waals surface area contributed by atoms with E-state index in [0.717, 1.165) is 28.7 Å². The van der Waals surface area contributed by atoms with Crippen molar-refractivity contribution in [2.24, 2.45) is 7.05 Å². The number of anilines is 1. The molecule has 1 aromatic carbocycles. The SMILES string of the molecule is CC1CCc2ccccc2N1C(=O)Cn1ccc(=O)n(C)c1=O. The smallest absolute Gasteiger partial charge is 0.308 e. The van der Waals surface area contributed by atoms with Crippen LogP contribution in [0.4, 0.5) is 5.69 Å². The summed E-state index contributed by atoms with van der Waals surface area (Å²) in [4.78, 5) is 38.1. The Balaban J connectivity index is 1.94. The van der Waals surface area contributed by atoms with Gasteiger partial charge in [0.25, 0.3) is 5.56 Å². The third-order valence-electron chi connectivity index (χ3n) is 4.36. The van der Waals surface area contributed by atoms with Crippen LogP contribution in [-0.2, 0) is 24.8 Å². The van der Waals surface area contributed by atoms with Crippen molar-refractivity contribution >= 4 is 11.6 Å². The van der Waals surface area contributed by atoms with Crippen molar-refractivity contribution in [1.82, 2.24) is 9.13 Å². The molecule has 0 saturated heterocycles. The van der Waals surface area contributed by atoms with Crippen LogP contribution in [0.1, 0.15) is 18.9 Å². The zero-order chi connectivity index (χ0) is 16.6. The van der Waals surface area contributed by atoms with Gasteiger partial charge in [0.05, 0.1) is 0 Å². The van der Waals surface area contributed by atoms with E-state index in [0.29, 0.717) is 0 Å². The number of hydrogen-bond acceptors (Lipinski definition) is 3. The summed E-state index contributed by atoms with van der Waals surface area (Å²) in [5.74, 6) is -0.148. The normalized spacial score (nSPS) is 17.0. The lowest BCUT2D eigenvalue weighted by Gasteiger charge is -2.35. The average Bonchev–Trinajstić information content (AvgIpc) is 2.55. The topological polar surface area (TPSA) is 64.3 Å². The Labute approximate surface area is 133 Å². The second-order valence-corrected chi connectivity index (χ2v) is 5.90. The van der Waals surface area contributed by atoms with Crippen LogP contribution in [0, 0.1) is 0 Å². The summed E-state index contributed by atoms with van der Waals surface area (Å²) in [6.45, 7) is 1.93. The van der Waals surface area contributed by atoms with Gasteiger partial charge in [-0.15, -0.1) is 0 Å². The van der Waals surface area contributed by atoms with Gasteiger partial charge in [0.15, 0.2) is 0 Å². The average molecular weight is 313 g/mol. The van der Waals surface area contributed by atoms with Crippen LogP contribution in [0.5, 0.6) is 0 Å². The van der Waals surface area contributed by atoms with Gasteiger partial charge in [-0.25, -0.2) is 4.79 Å². The first kappa shape index (κ1) is 15.3. The minimum absolute atomic E-state index is 0.0778. The number of nitrogens with zero attached hydrogens (tertiary/aromatic N) is 3. The van der Waals surface area contributed by atoms with Gasteiger partial charge < -0.3 is 4.90 Å². The van der Waals surface area contributed by atoms with Crippen LogP contribution in [0.15, 0.2) is 46.1 Å². The number of amides is 1. The van der Waals surface area contributed by atoms with Gasteiger partial charge in [-0.05, 0) is 31.4 Å². The van der Waals surface area contributed by atoms with E-state index in [9.17, 15) is 14.4 Å². The molecular weight excluding hydrogens is 294 g/mol. The Morgan fingerprint density at radius 1 is 1.22 bits per heavy atom. The second-order valence-electron chi connectivity index (χ2n) is 5.90. The number of rotatable bonds is 2. The van der Waals surface area contributed by atoms with Gasteiger partial charge in [0, 0.05) is 31.0 Å². The molecule has 6 heteroatoms. The lowest BCUT2D eigenvalue weighted by atomic mass is 9.96. The van der Waals surface area contributed by atoms with E-state index in [1.165, 1.54) is 23.9 Å². The lowest BCUT2D eigenvalue weighted by Crippen LogP contribution is -2.46. The summed E-state index contributed by atoms with van der Waals surface area (Å²) in [6.07, 6.45) is 3.22. The van der Waals surface area contributed by atoms with Crippen LogP contribution in [0.25, 0.3) is 0 Å². The van der Waals surface area contributed by atoms with Gasteiger partial charge in [0.1, 0.15) is 6.54 Å². The summed E-state index contributed by atoms with van der Waals surface area (Å²) >= 11 is 0. The van der Waals surface area contributed by atoms with E-state index >= 15 is 0 Å². The molecule has 2 aromatic rings. The van der Waals surface area contributed by atoms with Crippen LogP contribution < -0.4 is 16.1 Å². The number of carbonyl (C=O) groups excluding carboxylic acids is 1. The standard InChI is InChI=1S/C17H19N3O3/c1-12-7-8-13-5-3-4-6-14(13)20(12)16(22)11-19-10-9-15(21)18(2)17(19)23/h3-6,9-10,12H,7-8,11H2,1-2H3. The molecule has 6 nitrogen and oxygen atoms in total. The van der Waals surface area contributed by atoms with E-state index < -0.39 is 5.69 Å². The summed E-state index contributed by atoms with van der Waals surface area (Å²) in [5.41, 5.74) is 1.19. The van der Waals surface area contributed by atoms with Crippen molar-refractivity contribution in [2.75, 3.05) is 4.90 Å². The fourth-order valence-corrected chi connectivity index (χ4v) is 3.03. The number of carbonyl (C=O) groups is 1. The fraction of sp³-hybridized carbons (Fsp3) is 0.353. The van der Waals surface area contributed by atoms with Gasteiger partial charge in [-0.1, -0.05) is 18.2 Å². The molecule has 3 rings (SSSR count). The van der Waals surface area contributed by atoms with Crippen LogP contribution in [0.3, 0.4) is 0 Å². The van der Waals surface area contributed by atoms with Gasteiger partial charge in [0.2, 0.25) is 5.91 Å². The predicted molar refractivity (Wildman–Crippen MR) is 87.7 cm³/mol. The van der Waals surface area contributed by atoms with Crippen molar-refractivity contribution < 1.29 is 4.79 Å². The maximum atomic E-state index is 12.8. The van der Waals surface area contributed by atoms with Gasteiger partial charge in [-0.3, -0.25) is 18.7 Å². The molecule has 0 aliphatic carbocycles. The molecule has 0 bridgehead atoms. The molecule has 2 heterocycles. The maximum Gasteiger partial charge on any atom is 0.331 e. The van der Waals surface area contributed by atoms with Crippen molar-refractivity contribution in [2.45, 2.75) is 32.4 Å². The van der Waals surface area contributed by atoms with Crippen molar-refractivity contribution in [1.29, 1.82) is 0 Å². The molecule has 23 heavy (non-hydrogen) atoms. The zero-order valence-electron chi connectivity index (χ0n) is 13.2. The number of para-hydroxylation sites is 1. The fourth-order valence-electron chi connectivity index (χ4n) is 3.03. The van der Waals surface area contributed by atoms with E-state index in [1.807, 2.05) is 31.2 Å². The Kier molecular flexibility index (Phi) is 3.90. The number of benzene rings is 1. The van der Waals surface area contributed by atoms with Crippen molar-refractivity contribution in [3.63, 3.8) is 0 Å². The molecule has 0 radical (unpaired) electrons. The largest absolute Gasteiger partial charge is 0.331 e. The third kappa shape index (κ3) is 2.72. The highest BCUT2D eigenvalue weighted by molar-refractivity contribution is 5.95. The molecule has 0 saturated carbocycles. The minimum Gasteiger partial charge on any atom is -0.308 e. The number of fused-ring (bicyclic) bond motifs is 1. The first-order valence-electron chi connectivity index (χ1n) is 7.65. The number of aryl methyl sites for hydroxylation is 1. The molecule has 1 amide bonds. The van der Waals surface area contributed by atoms with Crippen LogP contribution in [0.2, 0.25) is 0 Å². The van der Waals surface area contributed by atoms with E-state index in [2.05, 4.69) is 0 Å². The highest BCUT2D eigenvalue weighted by Gasteiger charge is 2.28. The summed E-state index contributed by atoms with van der Waals surface area (Å²) in [7, 11) is 1.41. The molecule has 120 valence electrons. The molecule has 1 aromatic heterocycles. The molecule has 0 N–H and O–H groups in total. The highest BCUT2D eigenvalue weighted by Crippen LogP contribution is 2.30. The van der Waals surface area contributed by atoms with Crippen molar-refractivity contribution in [3.05, 3.63) is 62.9 Å². The first-order chi connectivity index (χ1) is 11.0. The number of aromatic nitrogens is 2. The second kappa shape index (κ2) is 5.87.